The standard InChI is InChI=1S/C23H22N2S3/c26-22(27)20-13-7-8-14-21(20)24-23(28)25(17-19-11-5-2-6-12-19)16-15-18-9-3-1-4-10-18/h1-14H,15-17H2,(H,24,28)(H,26,27). The highest BCUT2D eigenvalue weighted by molar-refractivity contribution is 8.11. The summed E-state index contributed by atoms with van der Waals surface area (Å²) in [5.41, 5.74) is 4.27. The minimum absolute atomic E-state index is 0.546. The molecule has 0 radical (unpaired) electrons. The van der Waals surface area contributed by atoms with E-state index in [2.05, 4.69) is 71.4 Å². The smallest absolute Gasteiger partial charge is 0.173 e. The first-order valence-electron chi connectivity index (χ1n) is 9.09. The van der Waals surface area contributed by atoms with Crippen LogP contribution in [-0.4, -0.2) is 20.8 Å². The van der Waals surface area contributed by atoms with Crippen LogP contribution in [0.2, 0.25) is 0 Å². The molecule has 0 aromatic heterocycles. The van der Waals surface area contributed by atoms with Crippen molar-refractivity contribution in [2.75, 3.05) is 11.9 Å². The Hall–Kier alpha value is -2.21. The molecule has 142 valence electrons. The van der Waals surface area contributed by atoms with Crippen LogP contribution in [-0.2, 0) is 13.0 Å². The van der Waals surface area contributed by atoms with Gasteiger partial charge in [0.05, 0.1) is 4.20 Å². The lowest BCUT2D eigenvalue weighted by molar-refractivity contribution is 0.423. The van der Waals surface area contributed by atoms with Crippen LogP contribution in [0.15, 0.2) is 84.9 Å². The number of hydrogen-bond donors (Lipinski definition) is 2. The van der Waals surface area contributed by atoms with E-state index in [0.717, 1.165) is 30.8 Å². The molecule has 0 fully saturated rings. The Kier molecular flexibility index (Phi) is 7.60. The average Bonchev–Trinajstić information content (AvgIpc) is 2.72. The van der Waals surface area contributed by atoms with Gasteiger partial charge in [-0.1, -0.05) is 91.1 Å². The molecule has 0 amide bonds. The van der Waals surface area contributed by atoms with E-state index in [1.54, 1.807) is 0 Å². The van der Waals surface area contributed by atoms with Gasteiger partial charge >= 0.3 is 0 Å². The summed E-state index contributed by atoms with van der Waals surface area (Å²) in [6.45, 7) is 1.56. The van der Waals surface area contributed by atoms with Crippen LogP contribution in [0.25, 0.3) is 0 Å². The molecular formula is C23H22N2S3. The fourth-order valence-electron chi connectivity index (χ4n) is 2.94. The molecular weight excluding hydrogens is 400 g/mol. The second kappa shape index (κ2) is 10.4. The second-order valence-electron chi connectivity index (χ2n) is 6.42. The first-order valence-corrected chi connectivity index (χ1v) is 10.4. The fourth-order valence-corrected chi connectivity index (χ4v) is 3.58. The quantitative estimate of drug-likeness (QED) is 0.373. The molecule has 0 aliphatic rings. The van der Waals surface area contributed by atoms with Crippen molar-refractivity contribution in [3.8, 4) is 0 Å². The van der Waals surface area contributed by atoms with E-state index in [1.165, 1.54) is 11.1 Å². The Morgan fingerprint density at radius 1 is 0.786 bits per heavy atom. The minimum Gasteiger partial charge on any atom is -0.344 e. The largest absolute Gasteiger partial charge is 0.344 e. The summed E-state index contributed by atoms with van der Waals surface area (Å²) >= 11 is 15.4. The van der Waals surface area contributed by atoms with Gasteiger partial charge in [0.1, 0.15) is 0 Å². The molecule has 3 rings (SSSR count). The van der Waals surface area contributed by atoms with Crippen molar-refractivity contribution < 1.29 is 0 Å². The van der Waals surface area contributed by atoms with E-state index in [0.29, 0.717) is 9.31 Å². The number of para-hydroxylation sites is 1. The summed E-state index contributed by atoms with van der Waals surface area (Å²) in [6.07, 6.45) is 0.919. The maximum Gasteiger partial charge on any atom is 0.173 e. The van der Waals surface area contributed by atoms with Crippen LogP contribution >= 0.6 is 37.1 Å². The molecule has 2 nitrogen and oxygen atoms in total. The lowest BCUT2D eigenvalue weighted by Gasteiger charge is -2.27. The SMILES string of the molecule is S=C(S)c1ccccc1NC(=S)N(CCc1ccccc1)Cc1ccccc1. The predicted octanol–water partition coefficient (Wildman–Crippen LogP) is 5.73. The van der Waals surface area contributed by atoms with Crippen molar-refractivity contribution in [3.63, 3.8) is 0 Å². The zero-order valence-corrected chi connectivity index (χ0v) is 17.9. The molecule has 3 aromatic rings. The third-order valence-electron chi connectivity index (χ3n) is 4.42. The van der Waals surface area contributed by atoms with Gasteiger partial charge in [-0.15, -0.1) is 12.6 Å². The first kappa shape index (κ1) is 20.5. The van der Waals surface area contributed by atoms with Crippen LogP contribution in [0, 0.1) is 0 Å². The van der Waals surface area contributed by atoms with E-state index in [9.17, 15) is 0 Å². The fraction of sp³-hybridized carbons (Fsp3) is 0.130. The number of nitrogens with one attached hydrogen (secondary N) is 1. The Labute approximate surface area is 183 Å². The van der Waals surface area contributed by atoms with Gasteiger partial charge in [-0.3, -0.25) is 0 Å². The molecule has 5 heteroatoms. The summed E-state index contributed by atoms with van der Waals surface area (Å²) < 4.78 is 0.546. The van der Waals surface area contributed by atoms with E-state index in [4.69, 9.17) is 24.4 Å². The van der Waals surface area contributed by atoms with Gasteiger partial charge in [0.2, 0.25) is 0 Å². The highest BCUT2D eigenvalue weighted by Gasteiger charge is 2.13. The van der Waals surface area contributed by atoms with E-state index in [1.807, 2.05) is 36.4 Å². The molecule has 0 aliphatic carbocycles. The third kappa shape index (κ3) is 5.89. The van der Waals surface area contributed by atoms with Crippen molar-refractivity contribution in [3.05, 3.63) is 102 Å². The number of hydrogen-bond acceptors (Lipinski definition) is 2. The maximum atomic E-state index is 5.76. The van der Waals surface area contributed by atoms with Crippen molar-refractivity contribution in [2.24, 2.45) is 0 Å². The van der Waals surface area contributed by atoms with Crippen molar-refractivity contribution in [1.29, 1.82) is 0 Å². The normalized spacial score (nSPS) is 10.3. The molecule has 0 bridgehead atoms. The summed E-state index contributed by atoms with van der Waals surface area (Å²) in [5, 5.41) is 4.05. The van der Waals surface area contributed by atoms with Crippen LogP contribution in [0.4, 0.5) is 5.69 Å². The van der Waals surface area contributed by atoms with E-state index < -0.39 is 0 Å². The number of thiocarbonyl (C=S) groups is 2. The molecule has 1 N–H and O–H groups in total. The van der Waals surface area contributed by atoms with Gasteiger partial charge in [-0.05, 0) is 35.8 Å². The number of benzene rings is 3. The average molecular weight is 423 g/mol. The Morgan fingerprint density at radius 2 is 1.36 bits per heavy atom. The highest BCUT2D eigenvalue weighted by atomic mass is 32.1. The molecule has 3 aromatic carbocycles. The van der Waals surface area contributed by atoms with Gasteiger partial charge in [0, 0.05) is 24.3 Å². The second-order valence-corrected chi connectivity index (χ2v) is 7.97. The lowest BCUT2D eigenvalue weighted by atomic mass is 10.1. The zero-order valence-electron chi connectivity index (χ0n) is 15.4. The topological polar surface area (TPSA) is 15.3 Å². The first-order chi connectivity index (χ1) is 13.6. The molecule has 0 unspecified atom stereocenters. The minimum atomic E-state index is 0.546. The van der Waals surface area contributed by atoms with Gasteiger partial charge in [-0.2, -0.15) is 0 Å². The summed E-state index contributed by atoms with van der Waals surface area (Å²) in [7, 11) is 0. The van der Waals surface area contributed by atoms with Crippen LogP contribution < -0.4 is 5.32 Å². The van der Waals surface area contributed by atoms with Gasteiger partial charge in [0.15, 0.2) is 5.11 Å². The lowest BCUT2D eigenvalue weighted by Crippen LogP contribution is -2.36. The molecule has 0 spiro atoms. The maximum absolute atomic E-state index is 5.76. The summed E-state index contributed by atoms with van der Waals surface area (Å²) in [5.74, 6) is 0. The molecule has 0 saturated heterocycles. The molecule has 0 aliphatic heterocycles. The van der Waals surface area contributed by atoms with Crippen molar-refractivity contribution >= 4 is 52.1 Å². The van der Waals surface area contributed by atoms with E-state index in [-0.39, 0.29) is 0 Å². The Bertz CT molecular complexity index is 927. The monoisotopic (exact) mass is 422 g/mol. The molecule has 0 heterocycles. The zero-order chi connectivity index (χ0) is 19.8. The number of thiol groups is 1. The molecule has 28 heavy (non-hydrogen) atoms. The summed E-state index contributed by atoms with van der Waals surface area (Å²) in [4.78, 5) is 2.19. The molecule has 0 saturated carbocycles. The Balaban J connectivity index is 1.77. The van der Waals surface area contributed by atoms with Crippen LogP contribution in [0.5, 0.6) is 0 Å². The van der Waals surface area contributed by atoms with Crippen molar-refractivity contribution in [2.45, 2.75) is 13.0 Å². The van der Waals surface area contributed by atoms with Crippen LogP contribution in [0.1, 0.15) is 16.7 Å². The number of anilines is 1. The van der Waals surface area contributed by atoms with Gasteiger partial charge in [0.25, 0.3) is 0 Å². The molecule has 0 atom stereocenters. The van der Waals surface area contributed by atoms with Gasteiger partial charge < -0.3 is 10.2 Å². The Morgan fingerprint density at radius 3 is 2.00 bits per heavy atom. The summed E-state index contributed by atoms with van der Waals surface area (Å²) in [6, 6.07) is 28.7. The number of nitrogens with zero attached hydrogens (tertiary/aromatic N) is 1. The van der Waals surface area contributed by atoms with E-state index >= 15 is 0 Å². The predicted molar refractivity (Wildman–Crippen MR) is 130 cm³/mol. The third-order valence-corrected chi connectivity index (χ3v) is 5.24. The van der Waals surface area contributed by atoms with Crippen LogP contribution in [0.3, 0.4) is 0 Å². The van der Waals surface area contributed by atoms with Crippen molar-refractivity contribution in [1.82, 2.24) is 4.90 Å². The van der Waals surface area contributed by atoms with Gasteiger partial charge in [-0.25, -0.2) is 0 Å². The highest BCUT2D eigenvalue weighted by Crippen LogP contribution is 2.19. The number of rotatable bonds is 7.